The molecule has 0 radical (unpaired) electrons. The van der Waals surface area contributed by atoms with Gasteiger partial charge in [-0.3, -0.25) is 9.98 Å². The molecule has 1 aromatic heterocycles. The van der Waals surface area contributed by atoms with Crippen LogP contribution in [-0.4, -0.2) is 17.2 Å². The summed E-state index contributed by atoms with van der Waals surface area (Å²) < 4.78 is 0. The molecule has 206 valence electrons. The Hall–Kier alpha value is -2.28. The summed E-state index contributed by atoms with van der Waals surface area (Å²) in [4.78, 5) is 9.17. The molecule has 39 heavy (non-hydrogen) atoms. The Labute approximate surface area is 248 Å². The second kappa shape index (κ2) is 13.9. The molecule has 5 heteroatoms. The van der Waals surface area contributed by atoms with Crippen LogP contribution in [0.4, 0.5) is 0 Å². The van der Waals surface area contributed by atoms with Crippen molar-refractivity contribution in [3.8, 4) is 0 Å². The molecule has 6 rings (SSSR count). The van der Waals surface area contributed by atoms with Gasteiger partial charge < -0.3 is 0 Å². The Morgan fingerprint density at radius 1 is 0.769 bits per heavy atom. The van der Waals surface area contributed by atoms with Gasteiger partial charge in [0.25, 0.3) is 0 Å². The van der Waals surface area contributed by atoms with Crippen LogP contribution in [0.5, 0.6) is 0 Å². The molecule has 0 amide bonds. The van der Waals surface area contributed by atoms with Gasteiger partial charge in [-0.15, -0.1) is 0 Å². The Bertz CT molecular complexity index is 1210. The number of hydrogen-bond donors (Lipinski definition) is 0. The fourth-order valence-electron chi connectivity index (χ4n) is 6.18. The van der Waals surface area contributed by atoms with E-state index in [9.17, 15) is 0 Å². The first-order valence-electron chi connectivity index (χ1n) is 13.5. The molecular formula is C34H37ClCuN2P. The summed E-state index contributed by atoms with van der Waals surface area (Å²) in [5.41, 5.74) is 1.80. The van der Waals surface area contributed by atoms with Crippen molar-refractivity contribution in [3.63, 3.8) is 0 Å². The van der Waals surface area contributed by atoms with Crippen LogP contribution in [0.3, 0.4) is 0 Å². The summed E-state index contributed by atoms with van der Waals surface area (Å²) in [6.45, 7) is 7.29. The monoisotopic (exact) mass is 602 g/mol. The number of halogens is 1. The van der Waals surface area contributed by atoms with E-state index in [1.807, 2.05) is 30.6 Å². The summed E-state index contributed by atoms with van der Waals surface area (Å²) in [6.07, 6.45) is 7.77. The van der Waals surface area contributed by atoms with E-state index in [-0.39, 0.29) is 0 Å². The zero-order valence-corrected chi connectivity index (χ0v) is 25.4. The summed E-state index contributed by atoms with van der Waals surface area (Å²) in [7, 11) is 3.76. The number of fused-ring (bicyclic) bond motifs is 2. The quantitative estimate of drug-likeness (QED) is 0.130. The zero-order chi connectivity index (χ0) is 27.7. The zero-order valence-electron chi connectivity index (χ0n) is 22.8. The van der Waals surface area contributed by atoms with E-state index in [2.05, 4.69) is 142 Å². The number of rotatable bonds is 5. The topological polar surface area (TPSA) is 25.2 Å². The van der Waals surface area contributed by atoms with Crippen LogP contribution in [0.25, 0.3) is 0 Å². The van der Waals surface area contributed by atoms with E-state index in [4.69, 9.17) is 4.99 Å². The summed E-state index contributed by atoms with van der Waals surface area (Å²) in [5.74, 6) is 0.855. The van der Waals surface area contributed by atoms with Crippen molar-refractivity contribution < 1.29 is 15.1 Å². The third kappa shape index (κ3) is 6.72. The Balaban J connectivity index is 0.000000170. The first-order chi connectivity index (χ1) is 19.0. The van der Waals surface area contributed by atoms with Gasteiger partial charge in [-0.2, -0.15) is 0 Å². The molecule has 2 fully saturated rings. The van der Waals surface area contributed by atoms with Gasteiger partial charge in [0.1, 0.15) is 0 Å². The molecule has 0 N–H and O–H groups in total. The minimum Gasteiger partial charge on any atom is -0.0622 e. The van der Waals surface area contributed by atoms with Crippen LogP contribution in [0, 0.1) is 16.7 Å². The standard InChI is InChI=1S/C18H15P.C16H22N2.ClH.Cu/c1-4-10-16(11-5-1)19(17-12-6-2-7-13-17)18-14-8-3-9-15-18;1-15(2)12-7-8-16(15,3)14(10-12)18-11-13-6-4-5-9-17-13;;/h1-15H;4-6,9,11-12,14H,7-8,10H2,1-3H3;1H;/q;;;+1/p-1. The average molecular weight is 604 g/mol. The predicted octanol–water partition coefficient (Wildman–Crippen LogP) is 7.85. The minimum absolute atomic E-state index is 0.378. The Morgan fingerprint density at radius 3 is 1.64 bits per heavy atom. The maximum Gasteiger partial charge on any atom is -0.0134 e. The number of pyridine rings is 1. The smallest absolute Gasteiger partial charge is 0.0134 e. The molecule has 2 bridgehead atoms. The molecular weight excluding hydrogens is 566 g/mol. The van der Waals surface area contributed by atoms with E-state index in [0.717, 1.165) is 11.6 Å². The minimum atomic E-state index is -0.446. The van der Waals surface area contributed by atoms with Crippen molar-refractivity contribution in [3.05, 3.63) is 121 Å². The molecule has 0 aliphatic heterocycles. The maximum atomic E-state index is 4.86. The molecule has 0 spiro atoms. The van der Waals surface area contributed by atoms with Crippen molar-refractivity contribution in [2.24, 2.45) is 21.7 Å². The van der Waals surface area contributed by atoms with Gasteiger partial charge in [0.15, 0.2) is 0 Å². The van der Waals surface area contributed by atoms with Crippen molar-refractivity contribution in [2.45, 2.75) is 46.1 Å². The third-order valence-electron chi connectivity index (χ3n) is 8.87. The normalized spacial score (nSPS) is 22.6. The van der Waals surface area contributed by atoms with E-state index >= 15 is 0 Å². The van der Waals surface area contributed by atoms with Crippen LogP contribution in [0.1, 0.15) is 45.7 Å². The molecule has 2 saturated carbocycles. The van der Waals surface area contributed by atoms with Crippen LogP contribution in [0.2, 0.25) is 0 Å². The molecule has 3 unspecified atom stereocenters. The third-order valence-corrected chi connectivity index (χ3v) is 11.3. The van der Waals surface area contributed by atoms with Gasteiger partial charge in [-0.1, -0.05) is 118 Å². The van der Waals surface area contributed by atoms with Gasteiger partial charge in [0.2, 0.25) is 0 Å². The van der Waals surface area contributed by atoms with Crippen LogP contribution in [0.15, 0.2) is 120 Å². The molecule has 2 aliphatic rings. The van der Waals surface area contributed by atoms with Crippen molar-refractivity contribution >= 4 is 40.1 Å². The first kappa shape index (κ1) is 29.7. The Kier molecular flexibility index (Phi) is 10.6. The molecule has 3 aromatic carbocycles. The second-order valence-electron chi connectivity index (χ2n) is 11.0. The molecule has 3 atom stereocenters. The first-order valence-corrected chi connectivity index (χ1v) is 16.1. The summed E-state index contributed by atoms with van der Waals surface area (Å²) >= 11 is 3.66. The number of aliphatic imine (C=N–C) groups is 1. The summed E-state index contributed by atoms with van der Waals surface area (Å²) in [5, 5.41) is 4.19. The van der Waals surface area contributed by atoms with Crippen LogP contribution >= 0.6 is 18.0 Å². The summed E-state index contributed by atoms with van der Waals surface area (Å²) in [6, 6.07) is 38.8. The predicted molar refractivity (Wildman–Crippen MR) is 166 cm³/mol. The fraction of sp³-hybridized carbons (Fsp3) is 0.294. The van der Waals surface area contributed by atoms with Crippen LogP contribution < -0.4 is 15.9 Å². The van der Waals surface area contributed by atoms with Crippen molar-refractivity contribution in [2.75, 3.05) is 0 Å². The van der Waals surface area contributed by atoms with E-state index in [1.54, 1.807) is 0 Å². The van der Waals surface area contributed by atoms with Gasteiger partial charge in [0, 0.05) is 12.4 Å². The van der Waals surface area contributed by atoms with E-state index in [0.29, 0.717) is 16.9 Å². The van der Waals surface area contributed by atoms with Crippen molar-refractivity contribution in [1.82, 2.24) is 4.98 Å². The number of nitrogens with zero attached hydrogens (tertiary/aromatic N) is 2. The molecule has 0 saturated heterocycles. The van der Waals surface area contributed by atoms with Crippen molar-refractivity contribution in [1.29, 1.82) is 0 Å². The molecule has 2 aliphatic carbocycles. The maximum absolute atomic E-state index is 4.86. The molecule has 1 heterocycles. The van der Waals surface area contributed by atoms with Gasteiger partial charge in [0.05, 0.1) is 11.7 Å². The van der Waals surface area contributed by atoms with E-state index in [1.165, 1.54) is 35.2 Å². The largest absolute Gasteiger partial charge is 0.0622 e. The van der Waals surface area contributed by atoms with Gasteiger partial charge in [-0.25, -0.2) is 0 Å². The van der Waals surface area contributed by atoms with Crippen LogP contribution in [-0.2, 0) is 15.1 Å². The van der Waals surface area contributed by atoms with E-state index < -0.39 is 7.92 Å². The number of benzene rings is 3. The average Bonchev–Trinajstić information content (AvgIpc) is 3.34. The SMILES string of the molecule is CC1(C)C2CCC1(C)C(N=Cc1ccccn1)C2.[Cl][Cu].c1ccc(P(c2ccccc2)c2ccccc2)cc1. The molecule has 2 nitrogen and oxygen atoms in total. The number of aromatic nitrogens is 1. The fourth-order valence-corrected chi connectivity index (χ4v) is 8.49. The number of hydrogen-bond acceptors (Lipinski definition) is 2. The molecule has 4 aromatic rings. The van der Waals surface area contributed by atoms with Gasteiger partial charge in [-0.05, 0) is 72.0 Å². The second-order valence-corrected chi connectivity index (χ2v) is 13.2. The van der Waals surface area contributed by atoms with Gasteiger partial charge >= 0.3 is 25.2 Å². The Morgan fingerprint density at radius 2 is 1.26 bits per heavy atom.